The Labute approximate surface area is 152 Å². The van der Waals surface area contributed by atoms with E-state index in [1.807, 2.05) is 4.90 Å². The standard InChI is InChI=1S/C19H25N3O4/c20-17(23)12-26-16-7-5-14(6-8-16)19(25)21-10-13-9-18(24)22(11-13)15-3-1-2-4-15/h5-8,13,15H,1-4,9-12H2,(H2,20,23)(H,21,25)/t13-/m0/s1. The number of carbonyl (C=O) groups is 3. The average molecular weight is 359 g/mol. The molecule has 1 saturated carbocycles. The van der Waals surface area contributed by atoms with Crippen molar-refractivity contribution < 1.29 is 19.1 Å². The quantitative estimate of drug-likeness (QED) is 0.760. The van der Waals surface area contributed by atoms with Crippen molar-refractivity contribution in [3.63, 3.8) is 0 Å². The molecule has 1 atom stereocenters. The smallest absolute Gasteiger partial charge is 0.255 e. The van der Waals surface area contributed by atoms with Gasteiger partial charge in [0.1, 0.15) is 5.75 Å². The summed E-state index contributed by atoms with van der Waals surface area (Å²) in [5.41, 5.74) is 5.53. The summed E-state index contributed by atoms with van der Waals surface area (Å²) in [7, 11) is 0. The van der Waals surface area contributed by atoms with Crippen LogP contribution in [0.1, 0.15) is 42.5 Å². The molecular weight excluding hydrogens is 334 g/mol. The molecule has 7 nitrogen and oxygen atoms in total. The van der Waals surface area contributed by atoms with E-state index in [4.69, 9.17) is 10.5 Å². The monoisotopic (exact) mass is 359 g/mol. The van der Waals surface area contributed by atoms with Crippen molar-refractivity contribution in [2.45, 2.75) is 38.1 Å². The van der Waals surface area contributed by atoms with Crippen molar-refractivity contribution in [2.24, 2.45) is 11.7 Å². The summed E-state index contributed by atoms with van der Waals surface area (Å²) in [4.78, 5) is 37.2. The van der Waals surface area contributed by atoms with Crippen LogP contribution < -0.4 is 15.8 Å². The van der Waals surface area contributed by atoms with E-state index in [2.05, 4.69) is 5.32 Å². The number of benzene rings is 1. The first-order valence-corrected chi connectivity index (χ1v) is 9.12. The van der Waals surface area contributed by atoms with Gasteiger partial charge < -0.3 is 20.7 Å². The van der Waals surface area contributed by atoms with Gasteiger partial charge in [-0.1, -0.05) is 12.8 Å². The number of ether oxygens (including phenoxy) is 1. The Bertz CT molecular complexity index is 668. The number of amides is 3. The molecule has 26 heavy (non-hydrogen) atoms. The predicted molar refractivity (Wildman–Crippen MR) is 95.5 cm³/mol. The molecule has 0 spiro atoms. The molecule has 1 aromatic rings. The van der Waals surface area contributed by atoms with Crippen molar-refractivity contribution >= 4 is 17.7 Å². The fraction of sp³-hybridized carbons (Fsp3) is 0.526. The van der Waals surface area contributed by atoms with Crippen molar-refractivity contribution in [3.8, 4) is 5.75 Å². The van der Waals surface area contributed by atoms with Gasteiger partial charge in [-0.2, -0.15) is 0 Å². The van der Waals surface area contributed by atoms with Gasteiger partial charge in [0.15, 0.2) is 6.61 Å². The Morgan fingerprint density at radius 2 is 1.88 bits per heavy atom. The molecule has 7 heteroatoms. The highest BCUT2D eigenvalue weighted by Gasteiger charge is 2.35. The fourth-order valence-corrected chi connectivity index (χ4v) is 3.71. The van der Waals surface area contributed by atoms with Gasteiger partial charge in [0.2, 0.25) is 5.91 Å². The summed E-state index contributed by atoms with van der Waals surface area (Å²) < 4.78 is 5.17. The maximum atomic E-state index is 12.3. The van der Waals surface area contributed by atoms with Crippen LogP contribution in [0.25, 0.3) is 0 Å². The zero-order chi connectivity index (χ0) is 18.5. The maximum absolute atomic E-state index is 12.3. The zero-order valence-corrected chi connectivity index (χ0v) is 14.8. The molecule has 1 aliphatic heterocycles. The number of nitrogens with two attached hydrogens (primary N) is 1. The first-order valence-electron chi connectivity index (χ1n) is 9.12. The third kappa shape index (κ3) is 4.53. The molecule has 1 aromatic carbocycles. The van der Waals surface area contributed by atoms with Crippen LogP contribution in [-0.2, 0) is 9.59 Å². The van der Waals surface area contributed by atoms with E-state index in [-0.39, 0.29) is 24.3 Å². The number of hydrogen-bond acceptors (Lipinski definition) is 4. The highest BCUT2D eigenvalue weighted by atomic mass is 16.5. The first-order chi connectivity index (χ1) is 12.5. The number of primary amides is 1. The van der Waals surface area contributed by atoms with Gasteiger partial charge in [-0.25, -0.2) is 0 Å². The van der Waals surface area contributed by atoms with Crippen molar-refractivity contribution in [1.82, 2.24) is 10.2 Å². The van der Waals surface area contributed by atoms with Crippen LogP contribution in [0.5, 0.6) is 5.75 Å². The Hall–Kier alpha value is -2.57. The highest BCUT2D eigenvalue weighted by Crippen LogP contribution is 2.29. The lowest BCUT2D eigenvalue weighted by molar-refractivity contribution is -0.129. The maximum Gasteiger partial charge on any atom is 0.255 e. The molecule has 3 N–H and O–H groups in total. The minimum Gasteiger partial charge on any atom is -0.484 e. The van der Waals surface area contributed by atoms with Crippen LogP contribution in [0, 0.1) is 5.92 Å². The molecular formula is C19H25N3O4. The van der Waals surface area contributed by atoms with E-state index >= 15 is 0 Å². The van der Waals surface area contributed by atoms with Crippen molar-refractivity contribution in [3.05, 3.63) is 29.8 Å². The molecule has 1 heterocycles. The van der Waals surface area contributed by atoms with E-state index in [1.54, 1.807) is 24.3 Å². The number of nitrogens with zero attached hydrogens (tertiary/aromatic N) is 1. The van der Waals surface area contributed by atoms with Gasteiger partial charge in [-0.05, 0) is 37.1 Å². The molecule has 0 unspecified atom stereocenters. The van der Waals surface area contributed by atoms with E-state index in [0.717, 1.165) is 19.4 Å². The number of likely N-dealkylation sites (tertiary alicyclic amines) is 1. The van der Waals surface area contributed by atoms with Gasteiger partial charge in [0, 0.05) is 37.0 Å². The number of hydrogen-bond donors (Lipinski definition) is 2. The van der Waals surface area contributed by atoms with Crippen LogP contribution in [0.4, 0.5) is 0 Å². The van der Waals surface area contributed by atoms with Gasteiger partial charge in [0.25, 0.3) is 11.8 Å². The molecule has 1 aliphatic carbocycles. The lowest BCUT2D eigenvalue weighted by Gasteiger charge is -2.24. The molecule has 3 rings (SSSR count). The van der Waals surface area contributed by atoms with Gasteiger partial charge in [-0.3, -0.25) is 14.4 Å². The summed E-state index contributed by atoms with van der Waals surface area (Å²) in [5, 5.41) is 2.91. The topological polar surface area (TPSA) is 102 Å². The Kier molecular flexibility index (Phi) is 5.75. The summed E-state index contributed by atoms with van der Waals surface area (Å²) in [6.45, 7) is 1.04. The van der Waals surface area contributed by atoms with Crippen LogP contribution >= 0.6 is 0 Å². The second-order valence-corrected chi connectivity index (χ2v) is 7.04. The van der Waals surface area contributed by atoms with Crippen molar-refractivity contribution in [1.29, 1.82) is 0 Å². The normalized spacial score (nSPS) is 20.4. The summed E-state index contributed by atoms with van der Waals surface area (Å²) >= 11 is 0. The van der Waals surface area contributed by atoms with E-state index in [0.29, 0.717) is 30.3 Å². The van der Waals surface area contributed by atoms with Gasteiger partial charge in [-0.15, -0.1) is 0 Å². The molecule has 2 fully saturated rings. The molecule has 0 aromatic heterocycles. The van der Waals surface area contributed by atoms with Gasteiger partial charge >= 0.3 is 0 Å². The first kappa shape index (κ1) is 18.2. The van der Waals surface area contributed by atoms with Crippen LogP contribution in [0.2, 0.25) is 0 Å². The summed E-state index contributed by atoms with van der Waals surface area (Å²) in [6, 6.07) is 6.92. The minimum absolute atomic E-state index is 0.172. The van der Waals surface area contributed by atoms with E-state index in [1.165, 1.54) is 12.8 Å². The van der Waals surface area contributed by atoms with Crippen LogP contribution in [0.3, 0.4) is 0 Å². The highest BCUT2D eigenvalue weighted by molar-refractivity contribution is 5.94. The molecule has 1 saturated heterocycles. The summed E-state index contributed by atoms with van der Waals surface area (Å²) in [6.07, 6.45) is 5.13. The average Bonchev–Trinajstić information content (AvgIpc) is 3.27. The molecule has 3 amide bonds. The lowest BCUT2D eigenvalue weighted by atomic mass is 10.1. The molecule has 0 bridgehead atoms. The van der Waals surface area contributed by atoms with Crippen LogP contribution in [-0.4, -0.2) is 48.4 Å². The third-order valence-corrected chi connectivity index (χ3v) is 5.05. The second kappa shape index (κ2) is 8.21. The predicted octanol–water partition coefficient (Wildman–Crippen LogP) is 1.07. The fourth-order valence-electron chi connectivity index (χ4n) is 3.71. The number of nitrogens with one attached hydrogen (secondary N) is 1. The van der Waals surface area contributed by atoms with E-state index in [9.17, 15) is 14.4 Å². The second-order valence-electron chi connectivity index (χ2n) is 7.04. The third-order valence-electron chi connectivity index (χ3n) is 5.05. The van der Waals surface area contributed by atoms with Crippen molar-refractivity contribution in [2.75, 3.05) is 19.7 Å². The van der Waals surface area contributed by atoms with E-state index < -0.39 is 5.91 Å². The molecule has 2 aliphatic rings. The van der Waals surface area contributed by atoms with Gasteiger partial charge in [0.05, 0.1) is 0 Å². The SMILES string of the molecule is NC(=O)COc1ccc(C(=O)NC[C@@H]2CC(=O)N(C3CCCC3)C2)cc1. The molecule has 0 radical (unpaired) electrons. The number of rotatable bonds is 7. The molecule has 140 valence electrons. The zero-order valence-electron chi connectivity index (χ0n) is 14.8. The lowest BCUT2D eigenvalue weighted by Crippen LogP contribution is -2.36. The Balaban J connectivity index is 1.46. The Morgan fingerprint density at radius 1 is 1.19 bits per heavy atom. The minimum atomic E-state index is -0.551. The largest absolute Gasteiger partial charge is 0.484 e. The Morgan fingerprint density at radius 3 is 2.54 bits per heavy atom. The van der Waals surface area contributed by atoms with Crippen LogP contribution in [0.15, 0.2) is 24.3 Å². The summed E-state index contributed by atoms with van der Waals surface area (Å²) in [5.74, 6) is 0.133. The number of carbonyl (C=O) groups excluding carboxylic acids is 3.